The molecule has 0 aliphatic heterocycles. The summed E-state index contributed by atoms with van der Waals surface area (Å²) in [5, 5.41) is 3.64. The second-order valence-electron chi connectivity index (χ2n) is 5.63. The first-order chi connectivity index (χ1) is 9.72. The van der Waals surface area contributed by atoms with Gasteiger partial charge in [0, 0.05) is 18.6 Å². The summed E-state index contributed by atoms with van der Waals surface area (Å²) in [5.41, 5.74) is 1.40. The van der Waals surface area contributed by atoms with Gasteiger partial charge in [-0.25, -0.2) is 0 Å². The van der Waals surface area contributed by atoms with Crippen LogP contribution in [0.3, 0.4) is 0 Å². The fraction of sp³-hybridized carbons (Fsp3) is 0.667. The fourth-order valence-corrected chi connectivity index (χ4v) is 2.57. The third-order valence-electron chi connectivity index (χ3n) is 4.08. The highest BCUT2D eigenvalue weighted by molar-refractivity contribution is 5.19. The first-order valence-corrected chi connectivity index (χ1v) is 8.25. The molecule has 0 bridgehead atoms. The van der Waals surface area contributed by atoms with Gasteiger partial charge in [0.2, 0.25) is 0 Å². The average Bonchev–Trinajstić information content (AvgIpc) is 2.50. The monoisotopic (exact) mass is 276 g/mol. The molecule has 0 aliphatic rings. The van der Waals surface area contributed by atoms with Gasteiger partial charge in [0.1, 0.15) is 0 Å². The van der Waals surface area contributed by atoms with E-state index in [1.165, 1.54) is 31.4 Å². The normalized spacial score (nSPS) is 14.4. The van der Waals surface area contributed by atoms with E-state index in [1.54, 1.807) is 0 Å². The first kappa shape index (κ1) is 17.2. The summed E-state index contributed by atoms with van der Waals surface area (Å²) >= 11 is 0. The van der Waals surface area contributed by atoms with E-state index in [2.05, 4.69) is 68.2 Å². The van der Waals surface area contributed by atoms with Gasteiger partial charge >= 0.3 is 0 Å². The van der Waals surface area contributed by atoms with Crippen molar-refractivity contribution >= 4 is 0 Å². The Hall–Kier alpha value is -0.860. The molecule has 0 heterocycles. The van der Waals surface area contributed by atoms with E-state index in [0.717, 1.165) is 13.1 Å². The lowest BCUT2D eigenvalue weighted by molar-refractivity contribution is 0.180. The Morgan fingerprint density at radius 1 is 1.10 bits per heavy atom. The number of likely N-dealkylation sites (N-methyl/N-ethyl adjacent to an activating group) is 1. The average molecular weight is 276 g/mol. The van der Waals surface area contributed by atoms with Crippen LogP contribution in [0.2, 0.25) is 0 Å². The number of benzene rings is 1. The molecule has 114 valence electrons. The van der Waals surface area contributed by atoms with Crippen molar-refractivity contribution < 1.29 is 0 Å². The second-order valence-corrected chi connectivity index (χ2v) is 5.63. The van der Waals surface area contributed by atoms with Crippen molar-refractivity contribution in [1.82, 2.24) is 10.2 Å². The van der Waals surface area contributed by atoms with Gasteiger partial charge in [0.25, 0.3) is 0 Å². The molecule has 1 N–H and O–H groups in total. The van der Waals surface area contributed by atoms with E-state index < -0.39 is 0 Å². The predicted octanol–water partition coefficient (Wildman–Crippen LogP) is 4.24. The molecule has 0 aliphatic carbocycles. The minimum Gasteiger partial charge on any atom is -0.309 e. The Morgan fingerprint density at radius 2 is 1.80 bits per heavy atom. The van der Waals surface area contributed by atoms with Crippen molar-refractivity contribution in [3.05, 3.63) is 35.9 Å². The lowest BCUT2D eigenvalue weighted by Crippen LogP contribution is -2.40. The molecule has 2 nitrogen and oxygen atoms in total. The van der Waals surface area contributed by atoms with Gasteiger partial charge in [-0.1, -0.05) is 57.5 Å². The van der Waals surface area contributed by atoms with E-state index >= 15 is 0 Å². The molecular formula is C18H32N2. The van der Waals surface area contributed by atoms with Crippen LogP contribution in [-0.2, 0) is 0 Å². The van der Waals surface area contributed by atoms with Crippen molar-refractivity contribution in [1.29, 1.82) is 0 Å². The topological polar surface area (TPSA) is 15.3 Å². The van der Waals surface area contributed by atoms with Crippen LogP contribution in [0.1, 0.15) is 58.6 Å². The zero-order valence-electron chi connectivity index (χ0n) is 13.7. The van der Waals surface area contributed by atoms with E-state index in [0.29, 0.717) is 12.1 Å². The largest absolute Gasteiger partial charge is 0.309 e. The van der Waals surface area contributed by atoms with Crippen LogP contribution in [0.15, 0.2) is 30.3 Å². The maximum atomic E-state index is 3.64. The quantitative estimate of drug-likeness (QED) is 0.687. The Kier molecular flexibility index (Phi) is 8.56. The molecule has 1 aromatic carbocycles. The Labute approximate surface area is 125 Å². The highest BCUT2D eigenvalue weighted by atomic mass is 15.2. The van der Waals surface area contributed by atoms with Gasteiger partial charge < -0.3 is 5.32 Å². The Morgan fingerprint density at radius 3 is 2.35 bits per heavy atom. The molecule has 0 saturated carbocycles. The van der Waals surface area contributed by atoms with E-state index in [4.69, 9.17) is 0 Å². The van der Waals surface area contributed by atoms with Crippen molar-refractivity contribution in [2.45, 2.75) is 59.0 Å². The maximum absolute atomic E-state index is 3.64. The van der Waals surface area contributed by atoms with Crippen LogP contribution >= 0.6 is 0 Å². The number of hydrogen-bond acceptors (Lipinski definition) is 2. The van der Waals surface area contributed by atoms with Crippen molar-refractivity contribution in [3.63, 3.8) is 0 Å². The summed E-state index contributed by atoms with van der Waals surface area (Å²) < 4.78 is 0. The maximum Gasteiger partial charge on any atom is 0.0449 e. The molecule has 2 atom stereocenters. The number of unbranched alkanes of at least 4 members (excludes halogenated alkanes) is 1. The summed E-state index contributed by atoms with van der Waals surface area (Å²) in [6.07, 6.45) is 3.78. The highest BCUT2D eigenvalue weighted by Crippen LogP contribution is 2.17. The van der Waals surface area contributed by atoms with E-state index in [-0.39, 0.29) is 0 Å². The molecule has 0 spiro atoms. The molecule has 2 unspecified atom stereocenters. The predicted molar refractivity (Wildman–Crippen MR) is 89.1 cm³/mol. The molecule has 2 heteroatoms. The summed E-state index contributed by atoms with van der Waals surface area (Å²) in [6, 6.07) is 11.9. The van der Waals surface area contributed by atoms with Gasteiger partial charge in [-0.05, 0) is 38.4 Å². The Bertz CT molecular complexity index is 337. The molecule has 0 aromatic heterocycles. The van der Waals surface area contributed by atoms with Crippen molar-refractivity contribution in [2.75, 3.05) is 19.6 Å². The summed E-state index contributed by atoms with van der Waals surface area (Å²) in [7, 11) is 0. The van der Waals surface area contributed by atoms with Gasteiger partial charge in [0.15, 0.2) is 0 Å². The summed E-state index contributed by atoms with van der Waals surface area (Å²) in [5.74, 6) is 0. The number of rotatable bonds is 10. The fourth-order valence-electron chi connectivity index (χ4n) is 2.57. The van der Waals surface area contributed by atoms with Gasteiger partial charge in [-0.15, -0.1) is 0 Å². The third-order valence-corrected chi connectivity index (χ3v) is 4.08. The summed E-state index contributed by atoms with van der Waals surface area (Å²) in [4.78, 5) is 2.64. The molecular weight excluding hydrogens is 244 g/mol. The van der Waals surface area contributed by atoms with Crippen molar-refractivity contribution in [2.24, 2.45) is 0 Å². The molecule has 20 heavy (non-hydrogen) atoms. The number of hydrogen-bond donors (Lipinski definition) is 1. The molecule has 1 aromatic rings. The van der Waals surface area contributed by atoms with Crippen LogP contribution in [-0.4, -0.2) is 30.6 Å². The van der Waals surface area contributed by atoms with Crippen LogP contribution in [0, 0.1) is 0 Å². The summed E-state index contributed by atoms with van der Waals surface area (Å²) in [6.45, 7) is 12.4. The number of nitrogens with one attached hydrogen (secondary N) is 1. The highest BCUT2D eigenvalue weighted by Gasteiger charge is 2.18. The lowest BCUT2D eigenvalue weighted by atomic mass is 10.0. The van der Waals surface area contributed by atoms with Crippen LogP contribution in [0.25, 0.3) is 0 Å². The minimum absolute atomic E-state index is 0.437. The minimum atomic E-state index is 0.437. The standard InChI is InChI=1S/C18H32N2/c1-5-8-14-20(16(4)6-2)15-18(19-7-3)17-12-10-9-11-13-17/h9-13,16,18-19H,5-8,14-15H2,1-4H3. The smallest absolute Gasteiger partial charge is 0.0449 e. The molecule has 0 fully saturated rings. The Balaban J connectivity index is 2.74. The lowest BCUT2D eigenvalue weighted by Gasteiger charge is -2.32. The van der Waals surface area contributed by atoms with Gasteiger partial charge in [-0.3, -0.25) is 4.90 Å². The van der Waals surface area contributed by atoms with Crippen molar-refractivity contribution in [3.8, 4) is 0 Å². The SMILES string of the molecule is CCCCN(CC(NCC)c1ccccc1)C(C)CC. The van der Waals surface area contributed by atoms with Gasteiger partial charge in [0.05, 0.1) is 0 Å². The zero-order chi connectivity index (χ0) is 14.8. The second kappa shape index (κ2) is 9.95. The van der Waals surface area contributed by atoms with E-state index in [1.807, 2.05) is 0 Å². The molecule has 1 rings (SSSR count). The van der Waals surface area contributed by atoms with Gasteiger partial charge in [-0.2, -0.15) is 0 Å². The molecule has 0 radical (unpaired) electrons. The molecule has 0 saturated heterocycles. The third kappa shape index (κ3) is 5.64. The number of nitrogens with zero attached hydrogens (tertiary/aromatic N) is 1. The van der Waals surface area contributed by atoms with Crippen LogP contribution < -0.4 is 5.32 Å². The van der Waals surface area contributed by atoms with E-state index in [9.17, 15) is 0 Å². The molecule has 0 amide bonds. The van der Waals surface area contributed by atoms with Crippen LogP contribution in [0.5, 0.6) is 0 Å². The zero-order valence-corrected chi connectivity index (χ0v) is 13.7. The first-order valence-electron chi connectivity index (χ1n) is 8.25. The van der Waals surface area contributed by atoms with Crippen LogP contribution in [0.4, 0.5) is 0 Å².